The minimum atomic E-state index is 0.691. The van der Waals surface area contributed by atoms with E-state index in [1.165, 1.54) is 22.2 Å². The maximum Gasteiger partial charge on any atom is 0.115 e. The number of nitrogens with one attached hydrogen (secondary N) is 1. The Hall–Kier alpha value is -2.27. The predicted molar refractivity (Wildman–Crippen MR) is 80.6 cm³/mol. The Labute approximate surface area is 123 Å². The molecule has 0 bridgehead atoms. The summed E-state index contributed by atoms with van der Waals surface area (Å²) in [5.74, 6) is 0.691. The second-order valence-electron chi connectivity index (χ2n) is 5.71. The summed E-state index contributed by atoms with van der Waals surface area (Å²) in [7, 11) is 0. The summed E-state index contributed by atoms with van der Waals surface area (Å²) in [5, 5.41) is 1.25. The van der Waals surface area contributed by atoms with Gasteiger partial charge in [-0.05, 0) is 24.5 Å². The molecule has 1 saturated heterocycles. The summed E-state index contributed by atoms with van der Waals surface area (Å²) >= 11 is 0. The molecule has 21 heavy (non-hydrogen) atoms. The van der Waals surface area contributed by atoms with Crippen molar-refractivity contribution < 1.29 is 0 Å². The summed E-state index contributed by atoms with van der Waals surface area (Å²) in [6.07, 6.45) is 10.3. The maximum absolute atomic E-state index is 4.54. The molecular formula is C16H17N5. The SMILES string of the molecule is c1ncc(CN2CC(Cc3nccc4cc[nH]c34)C2)cn1. The van der Waals surface area contributed by atoms with Gasteiger partial charge in [0.15, 0.2) is 0 Å². The molecule has 0 amide bonds. The zero-order valence-corrected chi connectivity index (χ0v) is 11.7. The molecule has 0 spiro atoms. The summed E-state index contributed by atoms with van der Waals surface area (Å²) in [5.41, 5.74) is 3.55. The van der Waals surface area contributed by atoms with Crippen LogP contribution in [0.1, 0.15) is 11.3 Å². The first-order chi connectivity index (χ1) is 10.4. The molecule has 4 heterocycles. The van der Waals surface area contributed by atoms with E-state index in [4.69, 9.17) is 0 Å². The van der Waals surface area contributed by atoms with Gasteiger partial charge in [-0.3, -0.25) is 9.88 Å². The fraction of sp³-hybridized carbons (Fsp3) is 0.312. The van der Waals surface area contributed by atoms with E-state index < -0.39 is 0 Å². The first-order valence-corrected chi connectivity index (χ1v) is 7.26. The Morgan fingerprint density at radius 3 is 2.90 bits per heavy atom. The molecule has 5 nitrogen and oxygen atoms in total. The third kappa shape index (κ3) is 2.52. The van der Waals surface area contributed by atoms with Crippen LogP contribution < -0.4 is 0 Å². The maximum atomic E-state index is 4.54. The van der Waals surface area contributed by atoms with E-state index in [2.05, 4.69) is 37.0 Å². The van der Waals surface area contributed by atoms with Crippen LogP contribution in [-0.2, 0) is 13.0 Å². The van der Waals surface area contributed by atoms with Gasteiger partial charge in [0.25, 0.3) is 0 Å². The lowest BCUT2D eigenvalue weighted by molar-refractivity contribution is 0.0919. The van der Waals surface area contributed by atoms with Gasteiger partial charge >= 0.3 is 0 Å². The number of fused-ring (bicyclic) bond motifs is 1. The highest BCUT2D eigenvalue weighted by atomic mass is 15.2. The van der Waals surface area contributed by atoms with E-state index in [0.29, 0.717) is 5.92 Å². The lowest BCUT2D eigenvalue weighted by Crippen LogP contribution is -2.46. The average Bonchev–Trinajstić information content (AvgIpc) is 2.95. The van der Waals surface area contributed by atoms with Crippen LogP contribution in [0.5, 0.6) is 0 Å². The summed E-state index contributed by atoms with van der Waals surface area (Å²) in [6, 6.07) is 4.15. The smallest absolute Gasteiger partial charge is 0.115 e. The van der Waals surface area contributed by atoms with Crippen LogP contribution in [0.2, 0.25) is 0 Å². The predicted octanol–water partition coefficient (Wildman–Crippen LogP) is 2.03. The lowest BCUT2D eigenvalue weighted by Gasteiger charge is -2.39. The molecule has 0 aliphatic carbocycles. The zero-order valence-electron chi connectivity index (χ0n) is 11.7. The molecule has 1 N–H and O–H groups in total. The minimum Gasteiger partial charge on any atom is -0.360 e. The first kappa shape index (κ1) is 12.5. The summed E-state index contributed by atoms with van der Waals surface area (Å²) in [6.45, 7) is 3.18. The van der Waals surface area contributed by atoms with Crippen LogP contribution in [0.4, 0.5) is 0 Å². The fourth-order valence-corrected chi connectivity index (χ4v) is 3.08. The highest BCUT2D eigenvalue weighted by molar-refractivity contribution is 5.81. The lowest BCUT2D eigenvalue weighted by atomic mass is 9.93. The van der Waals surface area contributed by atoms with Crippen molar-refractivity contribution in [2.45, 2.75) is 13.0 Å². The number of pyridine rings is 1. The van der Waals surface area contributed by atoms with Gasteiger partial charge in [0.1, 0.15) is 6.33 Å². The van der Waals surface area contributed by atoms with Gasteiger partial charge in [-0.1, -0.05) is 0 Å². The van der Waals surface area contributed by atoms with Crippen molar-refractivity contribution in [1.82, 2.24) is 24.8 Å². The topological polar surface area (TPSA) is 57.7 Å². The van der Waals surface area contributed by atoms with Crippen molar-refractivity contribution in [3.8, 4) is 0 Å². The van der Waals surface area contributed by atoms with Gasteiger partial charge in [0.05, 0.1) is 11.2 Å². The number of aromatic amines is 1. The summed E-state index contributed by atoms with van der Waals surface area (Å²) in [4.78, 5) is 18.4. The quantitative estimate of drug-likeness (QED) is 0.794. The number of likely N-dealkylation sites (tertiary alicyclic amines) is 1. The van der Waals surface area contributed by atoms with Crippen LogP contribution in [0, 0.1) is 5.92 Å². The molecule has 4 rings (SSSR count). The molecule has 0 atom stereocenters. The minimum absolute atomic E-state index is 0.691. The van der Waals surface area contributed by atoms with Gasteiger partial charge in [-0.2, -0.15) is 0 Å². The van der Waals surface area contributed by atoms with Gasteiger partial charge in [-0.25, -0.2) is 9.97 Å². The average molecular weight is 279 g/mol. The normalized spacial score (nSPS) is 16.2. The zero-order chi connectivity index (χ0) is 14.1. The Morgan fingerprint density at radius 1 is 1.19 bits per heavy atom. The van der Waals surface area contributed by atoms with E-state index in [9.17, 15) is 0 Å². The van der Waals surface area contributed by atoms with E-state index in [1.54, 1.807) is 6.33 Å². The third-order valence-corrected chi connectivity index (χ3v) is 4.09. The van der Waals surface area contributed by atoms with E-state index in [-0.39, 0.29) is 0 Å². The number of hydrogen-bond acceptors (Lipinski definition) is 4. The Bertz CT molecular complexity index is 731. The second kappa shape index (κ2) is 5.26. The van der Waals surface area contributed by atoms with Crippen LogP contribution >= 0.6 is 0 Å². The number of aromatic nitrogens is 4. The van der Waals surface area contributed by atoms with Crippen LogP contribution in [0.15, 0.2) is 43.2 Å². The molecule has 3 aromatic heterocycles. The number of nitrogens with zero attached hydrogens (tertiary/aromatic N) is 4. The molecule has 1 aliphatic rings. The Kier molecular flexibility index (Phi) is 3.12. The van der Waals surface area contributed by atoms with Crippen molar-refractivity contribution in [1.29, 1.82) is 0 Å². The van der Waals surface area contributed by atoms with Crippen molar-refractivity contribution in [3.63, 3.8) is 0 Å². The Morgan fingerprint density at radius 2 is 2.05 bits per heavy atom. The molecule has 1 aliphatic heterocycles. The Balaban J connectivity index is 1.37. The molecule has 0 unspecified atom stereocenters. The van der Waals surface area contributed by atoms with Crippen molar-refractivity contribution >= 4 is 10.9 Å². The third-order valence-electron chi connectivity index (χ3n) is 4.09. The van der Waals surface area contributed by atoms with Crippen molar-refractivity contribution in [2.24, 2.45) is 5.92 Å². The van der Waals surface area contributed by atoms with Gasteiger partial charge < -0.3 is 4.98 Å². The highest BCUT2D eigenvalue weighted by Crippen LogP contribution is 2.24. The van der Waals surface area contributed by atoms with E-state index in [0.717, 1.165) is 26.1 Å². The molecule has 0 saturated carbocycles. The van der Waals surface area contributed by atoms with Gasteiger partial charge in [-0.15, -0.1) is 0 Å². The molecule has 0 aromatic carbocycles. The van der Waals surface area contributed by atoms with E-state index >= 15 is 0 Å². The first-order valence-electron chi connectivity index (χ1n) is 7.26. The monoisotopic (exact) mass is 279 g/mol. The van der Waals surface area contributed by atoms with Crippen LogP contribution in [0.25, 0.3) is 10.9 Å². The molecular weight excluding hydrogens is 262 g/mol. The van der Waals surface area contributed by atoms with Crippen molar-refractivity contribution in [3.05, 3.63) is 54.5 Å². The molecule has 3 aromatic rings. The van der Waals surface area contributed by atoms with E-state index in [1.807, 2.05) is 24.8 Å². The molecule has 1 fully saturated rings. The highest BCUT2D eigenvalue weighted by Gasteiger charge is 2.27. The number of rotatable bonds is 4. The van der Waals surface area contributed by atoms with Crippen LogP contribution in [-0.4, -0.2) is 37.9 Å². The van der Waals surface area contributed by atoms with Gasteiger partial charge in [0, 0.05) is 55.4 Å². The molecule has 106 valence electrons. The summed E-state index contributed by atoms with van der Waals surface area (Å²) < 4.78 is 0. The fourth-order valence-electron chi connectivity index (χ4n) is 3.08. The van der Waals surface area contributed by atoms with Gasteiger partial charge in [0.2, 0.25) is 0 Å². The second-order valence-corrected chi connectivity index (χ2v) is 5.71. The van der Waals surface area contributed by atoms with Crippen molar-refractivity contribution in [2.75, 3.05) is 13.1 Å². The number of H-pyrrole nitrogens is 1. The van der Waals surface area contributed by atoms with Crippen LogP contribution in [0.3, 0.4) is 0 Å². The number of hydrogen-bond donors (Lipinski definition) is 1. The standard InChI is InChI=1S/C16H17N5/c1-3-19-15(16-14(1)2-4-20-16)5-12-8-21(9-12)10-13-6-17-11-18-7-13/h1-4,6-7,11-12,20H,5,8-10H2. The largest absolute Gasteiger partial charge is 0.360 e. The molecule has 0 radical (unpaired) electrons. The molecule has 5 heteroatoms.